The fraction of sp³-hybridized carbons (Fsp3) is 0.231. The average molecular weight is 566 g/mol. The van der Waals surface area contributed by atoms with Crippen molar-refractivity contribution in [1.29, 1.82) is 0 Å². The highest BCUT2D eigenvalue weighted by atomic mass is 35.5. The first-order valence-corrected chi connectivity index (χ1v) is 13.4. The van der Waals surface area contributed by atoms with Crippen LogP contribution in [0.5, 0.6) is 0 Å². The van der Waals surface area contributed by atoms with E-state index < -0.39 is 40.2 Å². The van der Waals surface area contributed by atoms with Gasteiger partial charge in [0.25, 0.3) is 10.0 Å². The zero-order valence-corrected chi connectivity index (χ0v) is 22.7. The molecule has 3 aromatic carbocycles. The summed E-state index contributed by atoms with van der Waals surface area (Å²) in [5.41, 5.74) is 1.42. The third-order valence-electron chi connectivity index (χ3n) is 5.77. The molecule has 0 aliphatic rings. The number of aryl methyl sites for hydroxylation is 1. The van der Waals surface area contributed by atoms with E-state index in [2.05, 4.69) is 5.32 Å². The summed E-state index contributed by atoms with van der Waals surface area (Å²) in [6.07, 6.45) is 0. The van der Waals surface area contributed by atoms with Crippen LogP contribution in [-0.4, -0.2) is 44.8 Å². The van der Waals surface area contributed by atoms with Crippen LogP contribution in [0, 0.1) is 12.7 Å². The Morgan fingerprint density at radius 1 is 1.00 bits per heavy atom. The lowest BCUT2D eigenvalue weighted by molar-refractivity contribution is -0.139. The van der Waals surface area contributed by atoms with E-state index in [4.69, 9.17) is 23.2 Å². The Bertz CT molecular complexity index is 1380. The number of carbonyl (C=O) groups excluding carboxylic acids is 2. The fourth-order valence-electron chi connectivity index (χ4n) is 3.61. The number of nitrogens with zero attached hydrogens (tertiary/aromatic N) is 2. The van der Waals surface area contributed by atoms with Gasteiger partial charge in [-0.05, 0) is 55.8 Å². The molecule has 3 rings (SSSR count). The van der Waals surface area contributed by atoms with Gasteiger partial charge in [-0.1, -0.05) is 59.1 Å². The average Bonchev–Trinajstić information content (AvgIpc) is 2.88. The Morgan fingerprint density at radius 2 is 1.62 bits per heavy atom. The second-order valence-electron chi connectivity index (χ2n) is 8.34. The molecule has 0 radical (unpaired) electrons. The third-order valence-corrected chi connectivity index (χ3v) is 8.35. The number of rotatable bonds is 9. The normalized spacial score (nSPS) is 12.1. The number of carbonyl (C=O) groups is 2. The van der Waals surface area contributed by atoms with Gasteiger partial charge < -0.3 is 10.2 Å². The highest BCUT2D eigenvalue weighted by molar-refractivity contribution is 7.92. The van der Waals surface area contributed by atoms with Gasteiger partial charge in [0.05, 0.1) is 20.6 Å². The first-order valence-electron chi connectivity index (χ1n) is 11.2. The highest BCUT2D eigenvalue weighted by Gasteiger charge is 2.33. The minimum atomic E-state index is -4.28. The van der Waals surface area contributed by atoms with Crippen LogP contribution in [0.15, 0.2) is 71.6 Å². The summed E-state index contributed by atoms with van der Waals surface area (Å²) >= 11 is 12.6. The molecule has 0 saturated carbocycles. The van der Waals surface area contributed by atoms with Gasteiger partial charge in [0.2, 0.25) is 11.8 Å². The number of sulfonamides is 1. The van der Waals surface area contributed by atoms with Crippen LogP contribution < -0.4 is 9.62 Å². The number of nitrogens with one attached hydrogen (secondary N) is 1. The van der Waals surface area contributed by atoms with Crippen LogP contribution in [0.25, 0.3) is 0 Å². The SMILES string of the molecule is CNC(=O)C(C)N(Cc1ccc(F)cc1)C(=O)CN(c1cccc(Cl)c1Cl)S(=O)(=O)c1ccc(C)cc1. The molecule has 11 heteroatoms. The molecular formula is C26H26Cl2FN3O4S. The standard InChI is InChI=1S/C26H26Cl2FN3O4S/c1-17-7-13-21(14-8-17)37(35,36)32(23-6-4-5-22(27)25(23)28)16-24(33)31(18(2)26(34)30-3)15-19-9-11-20(29)12-10-19/h4-14,18H,15-16H2,1-3H3,(H,30,34). The Kier molecular flexibility index (Phi) is 9.17. The van der Waals surface area contributed by atoms with Gasteiger partial charge in [-0.2, -0.15) is 0 Å². The third kappa shape index (κ3) is 6.60. The van der Waals surface area contributed by atoms with Crippen LogP contribution >= 0.6 is 23.2 Å². The number of anilines is 1. The highest BCUT2D eigenvalue weighted by Crippen LogP contribution is 2.35. The van der Waals surface area contributed by atoms with Gasteiger partial charge in [-0.25, -0.2) is 12.8 Å². The first kappa shape index (κ1) is 28.4. The summed E-state index contributed by atoms with van der Waals surface area (Å²) in [4.78, 5) is 27.3. The quantitative estimate of drug-likeness (QED) is 0.403. The molecule has 3 aromatic rings. The van der Waals surface area contributed by atoms with Crippen molar-refractivity contribution < 1.29 is 22.4 Å². The Labute approximate surface area is 225 Å². The molecule has 0 aliphatic carbocycles. The largest absolute Gasteiger partial charge is 0.357 e. The maximum atomic E-state index is 13.8. The van der Waals surface area contributed by atoms with E-state index in [9.17, 15) is 22.4 Å². The number of hydrogen-bond acceptors (Lipinski definition) is 4. The molecule has 196 valence electrons. The molecular weight excluding hydrogens is 540 g/mol. The van der Waals surface area contributed by atoms with E-state index in [1.54, 1.807) is 12.1 Å². The topological polar surface area (TPSA) is 86.8 Å². The van der Waals surface area contributed by atoms with Crippen LogP contribution in [0.4, 0.5) is 10.1 Å². The van der Waals surface area contributed by atoms with Crippen molar-refractivity contribution in [3.8, 4) is 0 Å². The van der Waals surface area contributed by atoms with Crippen molar-refractivity contribution in [1.82, 2.24) is 10.2 Å². The van der Waals surface area contributed by atoms with E-state index in [0.717, 1.165) is 9.87 Å². The minimum Gasteiger partial charge on any atom is -0.357 e. The fourth-order valence-corrected chi connectivity index (χ4v) is 5.49. The lowest BCUT2D eigenvalue weighted by atomic mass is 10.1. The van der Waals surface area contributed by atoms with Crippen LogP contribution in [0.3, 0.4) is 0 Å². The summed E-state index contributed by atoms with van der Waals surface area (Å²) in [5.74, 6) is -1.58. The Morgan fingerprint density at radius 3 is 2.22 bits per heavy atom. The van der Waals surface area contributed by atoms with Crippen molar-refractivity contribution in [2.75, 3.05) is 17.9 Å². The van der Waals surface area contributed by atoms with Crippen molar-refractivity contribution in [2.24, 2.45) is 0 Å². The predicted octanol–water partition coefficient (Wildman–Crippen LogP) is 4.80. The summed E-state index contributed by atoms with van der Waals surface area (Å²) in [7, 11) is -2.85. The molecule has 0 saturated heterocycles. The van der Waals surface area contributed by atoms with Gasteiger partial charge in [0.15, 0.2) is 0 Å². The maximum absolute atomic E-state index is 13.8. The molecule has 0 fully saturated rings. The molecule has 0 aliphatic heterocycles. The molecule has 1 atom stereocenters. The number of halogens is 3. The van der Waals surface area contributed by atoms with Gasteiger partial charge in [0.1, 0.15) is 18.4 Å². The lowest BCUT2D eigenvalue weighted by Gasteiger charge is -2.32. The minimum absolute atomic E-state index is 0.0115. The molecule has 1 N–H and O–H groups in total. The second-order valence-corrected chi connectivity index (χ2v) is 11.0. The summed E-state index contributed by atoms with van der Waals surface area (Å²) in [5, 5.41) is 2.56. The van der Waals surface area contributed by atoms with Gasteiger partial charge in [-0.3, -0.25) is 13.9 Å². The smallest absolute Gasteiger partial charge is 0.264 e. The van der Waals surface area contributed by atoms with Crippen LogP contribution in [0.2, 0.25) is 10.0 Å². The number of amides is 2. The molecule has 1 unspecified atom stereocenters. The van der Waals surface area contributed by atoms with E-state index in [0.29, 0.717) is 5.56 Å². The van der Waals surface area contributed by atoms with Crippen molar-refractivity contribution >= 4 is 50.7 Å². The molecule has 7 nitrogen and oxygen atoms in total. The number of hydrogen-bond donors (Lipinski definition) is 1. The van der Waals surface area contributed by atoms with E-state index in [1.165, 1.54) is 73.5 Å². The lowest BCUT2D eigenvalue weighted by Crippen LogP contribution is -2.50. The van der Waals surface area contributed by atoms with Gasteiger partial charge >= 0.3 is 0 Å². The summed E-state index contributed by atoms with van der Waals surface area (Å²) in [6, 6.07) is 15.1. The maximum Gasteiger partial charge on any atom is 0.264 e. The molecule has 0 heterocycles. The number of likely N-dealkylation sites (N-methyl/N-ethyl adjacent to an activating group) is 1. The van der Waals surface area contributed by atoms with Gasteiger partial charge in [0, 0.05) is 13.6 Å². The van der Waals surface area contributed by atoms with Crippen molar-refractivity contribution in [3.05, 3.63) is 93.7 Å². The monoisotopic (exact) mass is 565 g/mol. The molecule has 2 amide bonds. The molecule has 0 spiro atoms. The predicted molar refractivity (Wildman–Crippen MR) is 143 cm³/mol. The van der Waals surface area contributed by atoms with Crippen molar-refractivity contribution in [2.45, 2.75) is 31.3 Å². The van der Waals surface area contributed by atoms with Gasteiger partial charge in [-0.15, -0.1) is 0 Å². The summed E-state index contributed by atoms with van der Waals surface area (Å²) in [6.45, 7) is 2.61. The summed E-state index contributed by atoms with van der Waals surface area (Å²) < 4.78 is 41.8. The van der Waals surface area contributed by atoms with E-state index in [-0.39, 0.29) is 27.2 Å². The van der Waals surface area contributed by atoms with Crippen LogP contribution in [0.1, 0.15) is 18.1 Å². The Hall–Kier alpha value is -3.14. The zero-order valence-electron chi connectivity index (χ0n) is 20.4. The van der Waals surface area contributed by atoms with E-state index in [1.807, 2.05) is 6.92 Å². The number of benzene rings is 3. The molecule has 0 aromatic heterocycles. The molecule has 0 bridgehead atoms. The van der Waals surface area contributed by atoms with E-state index >= 15 is 0 Å². The first-order chi connectivity index (χ1) is 17.4. The Balaban J connectivity index is 2.07. The second kappa shape index (κ2) is 11.9. The van der Waals surface area contributed by atoms with Crippen LogP contribution in [-0.2, 0) is 26.2 Å². The van der Waals surface area contributed by atoms with Crippen molar-refractivity contribution in [3.63, 3.8) is 0 Å². The zero-order chi connectivity index (χ0) is 27.3. The molecule has 37 heavy (non-hydrogen) atoms.